The Bertz CT molecular complexity index is 1570. The standard InChI is InChI=1S/C17H17N9O3S3/c18-5-6-20-31(27)13-4-2-10(9-1-3-12-11(7-9)21-14(8-19)30-12)15(17-22-24-25-23-17)16(13)32(28,29)26-31/h1-4,7H,5-6,8,18-19H2,(H,20,26,27)(H,22,23,24,25). The van der Waals surface area contributed by atoms with Crippen LogP contribution in [0.3, 0.4) is 0 Å². The summed E-state index contributed by atoms with van der Waals surface area (Å²) in [5.74, 6) is 0.0409. The minimum Gasteiger partial charge on any atom is -0.329 e. The lowest BCUT2D eigenvalue weighted by Gasteiger charge is -2.13. The molecular weight excluding hydrogens is 474 g/mol. The minimum absolute atomic E-state index is 0.0367. The Morgan fingerprint density at radius 2 is 1.97 bits per heavy atom. The highest BCUT2D eigenvalue weighted by Crippen LogP contribution is 2.44. The summed E-state index contributed by atoms with van der Waals surface area (Å²) < 4.78 is 46.7. The molecular formula is C17H17N9O3S3. The molecule has 0 saturated heterocycles. The molecule has 6 N–H and O–H groups in total. The molecule has 4 aromatic rings. The number of thiazole rings is 1. The van der Waals surface area contributed by atoms with Gasteiger partial charge in [0.25, 0.3) is 10.0 Å². The maximum atomic E-state index is 13.4. The highest BCUT2D eigenvalue weighted by Gasteiger charge is 2.39. The van der Waals surface area contributed by atoms with Gasteiger partial charge in [-0.25, -0.2) is 13.9 Å². The predicted molar refractivity (Wildman–Crippen MR) is 119 cm³/mol. The van der Waals surface area contributed by atoms with Gasteiger partial charge in [0.2, 0.25) is 5.82 Å². The van der Waals surface area contributed by atoms with Crippen LogP contribution in [0, 0.1) is 0 Å². The molecule has 2 aromatic carbocycles. The van der Waals surface area contributed by atoms with Gasteiger partial charge in [0.1, 0.15) is 9.90 Å². The fourth-order valence-electron chi connectivity index (χ4n) is 3.51. The average Bonchev–Trinajstić information content (AvgIpc) is 3.49. The van der Waals surface area contributed by atoms with E-state index >= 15 is 0 Å². The number of aromatic amines is 1. The molecule has 12 nitrogen and oxygen atoms in total. The van der Waals surface area contributed by atoms with Gasteiger partial charge in [-0.3, -0.25) is 0 Å². The van der Waals surface area contributed by atoms with Crippen LogP contribution in [0.2, 0.25) is 0 Å². The molecule has 1 aliphatic heterocycles. The molecule has 166 valence electrons. The van der Waals surface area contributed by atoms with Crippen LogP contribution in [0.25, 0.3) is 32.7 Å². The van der Waals surface area contributed by atoms with Crippen LogP contribution in [0.15, 0.2) is 43.9 Å². The normalized spacial score (nSPS) is 19.2. The van der Waals surface area contributed by atoms with E-state index in [9.17, 15) is 12.6 Å². The number of nitrogens with one attached hydrogen (secondary N) is 2. The lowest BCUT2D eigenvalue weighted by atomic mass is 9.99. The summed E-state index contributed by atoms with van der Waals surface area (Å²) in [5.41, 5.74) is 13.3. The highest BCUT2D eigenvalue weighted by molar-refractivity contribution is 8.05. The van der Waals surface area contributed by atoms with Gasteiger partial charge in [-0.15, -0.1) is 21.5 Å². The third-order valence-corrected chi connectivity index (χ3v) is 10.1. The van der Waals surface area contributed by atoms with Crippen LogP contribution >= 0.6 is 11.3 Å². The summed E-state index contributed by atoms with van der Waals surface area (Å²) in [5, 5.41) is 14.7. The number of aromatic nitrogens is 5. The van der Waals surface area contributed by atoms with Crippen molar-refractivity contribution >= 4 is 41.5 Å². The van der Waals surface area contributed by atoms with Crippen LogP contribution < -0.4 is 16.2 Å². The molecule has 0 saturated carbocycles. The second kappa shape index (κ2) is 7.65. The molecule has 0 aliphatic carbocycles. The minimum atomic E-state index is -4.28. The smallest absolute Gasteiger partial charge is 0.293 e. The molecule has 0 radical (unpaired) electrons. The summed E-state index contributed by atoms with van der Waals surface area (Å²) in [6.45, 7) is 0.613. The van der Waals surface area contributed by atoms with Gasteiger partial charge in [0, 0.05) is 19.6 Å². The molecule has 0 spiro atoms. The Kier molecular flexibility index (Phi) is 5.03. The van der Waals surface area contributed by atoms with E-state index in [1.807, 2.05) is 18.2 Å². The van der Waals surface area contributed by atoms with Crippen LogP contribution in [0.5, 0.6) is 0 Å². The average molecular weight is 492 g/mol. The van der Waals surface area contributed by atoms with Crippen molar-refractivity contribution in [2.45, 2.75) is 16.3 Å². The van der Waals surface area contributed by atoms with Gasteiger partial charge >= 0.3 is 0 Å². The van der Waals surface area contributed by atoms with Crippen molar-refractivity contribution < 1.29 is 12.6 Å². The van der Waals surface area contributed by atoms with Gasteiger partial charge in [-0.05, 0) is 34.5 Å². The van der Waals surface area contributed by atoms with Gasteiger partial charge in [0.05, 0.1) is 20.7 Å². The summed E-state index contributed by atoms with van der Waals surface area (Å²) in [4.78, 5) is 4.33. The number of fused-ring (bicyclic) bond motifs is 2. The monoisotopic (exact) mass is 491 g/mol. The van der Waals surface area contributed by atoms with E-state index < -0.39 is 19.9 Å². The second-order valence-electron chi connectivity index (χ2n) is 6.80. The largest absolute Gasteiger partial charge is 0.329 e. The fraction of sp³-hybridized carbons (Fsp3) is 0.176. The maximum absolute atomic E-state index is 13.4. The van der Waals surface area contributed by atoms with Crippen molar-refractivity contribution in [1.82, 2.24) is 30.3 Å². The first kappa shape index (κ1) is 21.0. The first-order valence-electron chi connectivity index (χ1n) is 9.35. The number of tetrazole rings is 1. The zero-order valence-electron chi connectivity index (χ0n) is 16.3. The van der Waals surface area contributed by atoms with Crippen LogP contribution in [-0.4, -0.2) is 51.3 Å². The Hall–Kier alpha value is -2.82. The third-order valence-electron chi connectivity index (χ3n) is 4.81. The third kappa shape index (κ3) is 3.30. The van der Waals surface area contributed by atoms with E-state index in [1.54, 1.807) is 6.07 Å². The molecule has 15 heteroatoms. The van der Waals surface area contributed by atoms with Crippen molar-refractivity contribution in [2.24, 2.45) is 15.2 Å². The van der Waals surface area contributed by atoms with Crippen molar-refractivity contribution in [1.29, 1.82) is 0 Å². The first-order chi connectivity index (χ1) is 15.4. The molecule has 5 rings (SSSR count). The fourth-order valence-corrected chi connectivity index (χ4v) is 8.87. The van der Waals surface area contributed by atoms with Gasteiger partial charge in [-0.1, -0.05) is 15.9 Å². The molecule has 3 heterocycles. The SMILES string of the molecule is NCCNS1(=O)=NS(=O)(=O)c2c1ccc(-c1ccc3sc(CN)nc3c1)c2-c1nn[nH]n1. The van der Waals surface area contributed by atoms with E-state index in [0.717, 1.165) is 15.2 Å². The molecule has 32 heavy (non-hydrogen) atoms. The van der Waals surface area contributed by atoms with Crippen LogP contribution in [-0.2, 0) is 26.5 Å². The summed E-state index contributed by atoms with van der Waals surface area (Å²) in [6.07, 6.45) is 0. The number of rotatable bonds is 6. The molecule has 1 unspecified atom stereocenters. The molecule has 1 atom stereocenters. The number of hydrogen-bond acceptors (Lipinski definition) is 10. The van der Waals surface area contributed by atoms with Gasteiger partial charge in [0.15, 0.2) is 9.92 Å². The van der Waals surface area contributed by atoms with Crippen molar-refractivity contribution in [3.05, 3.63) is 35.3 Å². The second-order valence-corrected chi connectivity index (χ2v) is 11.7. The van der Waals surface area contributed by atoms with Crippen LogP contribution in [0.4, 0.5) is 0 Å². The zero-order valence-corrected chi connectivity index (χ0v) is 18.8. The van der Waals surface area contributed by atoms with Crippen LogP contribution in [0.1, 0.15) is 5.01 Å². The lowest BCUT2D eigenvalue weighted by molar-refractivity contribution is 0.598. The quantitative estimate of drug-likeness (QED) is 0.298. The van der Waals surface area contributed by atoms with E-state index in [2.05, 4.69) is 34.1 Å². The van der Waals surface area contributed by atoms with E-state index in [-0.39, 0.29) is 34.3 Å². The highest BCUT2D eigenvalue weighted by atomic mass is 32.3. The number of sulfonamides is 1. The Morgan fingerprint density at radius 1 is 1.12 bits per heavy atom. The first-order valence-corrected chi connectivity index (χ1v) is 13.1. The van der Waals surface area contributed by atoms with E-state index in [1.165, 1.54) is 17.4 Å². The van der Waals surface area contributed by atoms with E-state index in [0.29, 0.717) is 17.7 Å². The zero-order chi connectivity index (χ0) is 22.5. The Labute approximate surface area is 186 Å². The molecule has 2 aromatic heterocycles. The predicted octanol–water partition coefficient (Wildman–Crippen LogP) is 0.595. The number of nitrogens with two attached hydrogens (primary N) is 2. The lowest BCUT2D eigenvalue weighted by Crippen LogP contribution is -2.28. The van der Waals surface area contributed by atoms with Gasteiger partial charge < -0.3 is 11.5 Å². The number of benzene rings is 2. The van der Waals surface area contributed by atoms with Gasteiger partial charge in [-0.2, -0.15) is 13.6 Å². The Morgan fingerprint density at radius 3 is 2.69 bits per heavy atom. The van der Waals surface area contributed by atoms with Crippen molar-refractivity contribution in [3.8, 4) is 22.5 Å². The summed E-state index contributed by atoms with van der Waals surface area (Å²) in [6, 6.07) is 8.72. The summed E-state index contributed by atoms with van der Waals surface area (Å²) >= 11 is 1.49. The van der Waals surface area contributed by atoms with Crippen molar-refractivity contribution in [3.63, 3.8) is 0 Å². The molecule has 0 bridgehead atoms. The number of nitrogens with zero attached hydrogens (tertiary/aromatic N) is 5. The Balaban J connectivity index is 1.79. The summed E-state index contributed by atoms with van der Waals surface area (Å²) in [7, 11) is -7.71. The topological polar surface area (TPSA) is 195 Å². The molecule has 0 fully saturated rings. The van der Waals surface area contributed by atoms with Crippen molar-refractivity contribution in [2.75, 3.05) is 13.1 Å². The number of hydrogen-bond donors (Lipinski definition) is 4. The molecule has 0 amide bonds. The maximum Gasteiger partial charge on any atom is 0.293 e. The molecule has 1 aliphatic rings. The van der Waals surface area contributed by atoms with E-state index in [4.69, 9.17) is 11.5 Å². The number of H-pyrrole nitrogens is 1.